The predicted octanol–water partition coefficient (Wildman–Crippen LogP) is 2.59. The minimum atomic E-state index is 0.245. The Balaban J connectivity index is 1.73. The van der Waals surface area contributed by atoms with Crippen LogP contribution in [0.1, 0.15) is 0 Å². The van der Waals surface area contributed by atoms with Gasteiger partial charge in [0.05, 0.1) is 5.51 Å². The van der Waals surface area contributed by atoms with Gasteiger partial charge in [0.25, 0.3) is 5.89 Å². The van der Waals surface area contributed by atoms with Crippen molar-refractivity contribution in [3.05, 3.63) is 29.1 Å². The molecule has 0 atom stereocenters. The molecule has 0 saturated carbocycles. The molecule has 0 amide bonds. The fourth-order valence-electron chi connectivity index (χ4n) is 1.80. The maximum Gasteiger partial charge on any atom is 0.277 e. The van der Waals surface area contributed by atoms with E-state index in [9.17, 15) is 0 Å². The summed E-state index contributed by atoms with van der Waals surface area (Å²) in [5.41, 5.74) is 3.22. The van der Waals surface area contributed by atoms with Crippen molar-refractivity contribution in [2.45, 2.75) is 0 Å². The van der Waals surface area contributed by atoms with Crippen molar-refractivity contribution < 1.29 is 14.0 Å². The Morgan fingerprint density at radius 1 is 1.16 bits per heavy atom. The van der Waals surface area contributed by atoms with Gasteiger partial charge in [0, 0.05) is 10.9 Å². The van der Waals surface area contributed by atoms with Crippen LogP contribution in [-0.4, -0.2) is 21.9 Å². The molecule has 0 spiro atoms. The third-order valence-electron chi connectivity index (χ3n) is 2.71. The zero-order chi connectivity index (χ0) is 12.7. The van der Waals surface area contributed by atoms with Gasteiger partial charge in [-0.05, 0) is 18.2 Å². The Bertz CT molecular complexity index is 724. The monoisotopic (exact) mass is 273 g/mol. The van der Waals surface area contributed by atoms with Crippen molar-refractivity contribution in [3.8, 4) is 34.5 Å². The summed E-state index contributed by atoms with van der Waals surface area (Å²) in [5, 5.41) is 5.81. The lowest BCUT2D eigenvalue weighted by atomic mass is 10.2. The molecule has 0 fully saturated rings. The minimum Gasteiger partial charge on any atom is -0.454 e. The number of ether oxygens (including phenoxy) is 2. The van der Waals surface area contributed by atoms with Crippen LogP contribution >= 0.6 is 11.3 Å². The summed E-state index contributed by atoms with van der Waals surface area (Å²) < 4.78 is 15.8. The van der Waals surface area contributed by atoms with Gasteiger partial charge in [-0.2, -0.15) is 4.98 Å². The van der Waals surface area contributed by atoms with Gasteiger partial charge in [-0.15, -0.1) is 11.3 Å². The quantitative estimate of drug-likeness (QED) is 0.714. The highest BCUT2D eigenvalue weighted by atomic mass is 32.1. The van der Waals surface area contributed by atoms with Crippen LogP contribution < -0.4 is 9.47 Å². The van der Waals surface area contributed by atoms with Crippen LogP contribution in [-0.2, 0) is 0 Å². The number of thiazole rings is 1. The highest BCUT2D eigenvalue weighted by Gasteiger charge is 2.17. The molecule has 3 heterocycles. The number of benzene rings is 1. The second-order valence-corrected chi connectivity index (χ2v) is 4.58. The number of fused-ring (bicyclic) bond motifs is 1. The van der Waals surface area contributed by atoms with Gasteiger partial charge in [-0.3, -0.25) is 0 Å². The molecule has 4 rings (SSSR count). The molecule has 1 aromatic carbocycles. The van der Waals surface area contributed by atoms with Crippen LogP contribution in [0.15, 0.2) is 33.6 Å². The molecular weight excluding hydrogens is 266 g/mol. The molecule has 2 aromatic heterocycles. The fourth-order valence-corrected chi connectivity index (χ4v) is 2.32. The summed E-state index contributed by atoms with van der Waals surface area (Å²) in [4.78, 5) is 8.45. The second-order valence-electron chi connectivity index (χ2n) is 3.86. The first-order chi connectivity index (χ1) is 9.40. The maximum absolute atomic E-state index is 5.32. The molecule has 1 aliphatic heterocycles. The van der Waals surface area contributed by atoms with E-state index in [1.54, 1.807) is 5.51 Å². The number of hydrogen-bond donors (Lipinski definition) is 0. The largest absolute Gasteiger partial charge is 0.454 e. The highest BCUT2D eigenvalue weighted by molar-refractivity contribution is 7.07. The lowest BCUT2D eigenvalue weighted by Gasteiger charge is -1.97. The third kappa shape index (κ3) is 1.75. The van der Waals surface area contributed by atoms with Crippen LogP contribution in [0.25, 0.3) is 23.0 Å². The van der Waals surface area contributed by atoms with E-state index >= 15 is 0 Å². The predicted molar refractivity (Wildman–Crippen MR) is 67.0 cm³/mol. The Labute approximate surface area is 111 Å². The molecule has 3 aromatic rings. The van der Waals surface area contributed by atoms with Crippen molar-refractivity contribution in [2.24, 2.45) is 0 Å². The molecule has 0 N–H and O–H groups in total. The van der Waals surface area contributed by atoms with Gasteiger partial charge in [-0.1, -0.05) is 5.16 Å². The number of aromatic nitrogens is 3. The van der Waals surface area contributed by atoms with Gasteiger partial charge in [0.2, 0.25) is 12.6 Å². The van der Waals surface area contributed by atoms with Gasteiger partial charge in [0.15, 0.2) is 11.5 Å². The minimum absolute atomic E-state index is 0.245. The van der Waals surface area contributed by atoms with Crippen molar-refractivity contribution in [1.82, 2.24) is 15.1 Å². The standard InChI is InChI=1S/C12H7N3O3S/c1-2-9-10(17-6-16-9)3-7(1)11-14-12(18-15-11)8-4-19-5-13-8/h1-5H,6H2. The van der Waals surface area contributed by atoms with Crippen molar-refractivity contribution in [3.63, 3.8) is 0 Å². The topological polar surface area (TPSA) is 70.3 Å². The van der Waals surface area contributed by atoms with Gasteiger partial charge < -0.3 is 14.0 Å². The number of nitrogens with zero attached hydrogens (tertiary/aromatic N) is 3. The molecule has 0 radical (unpaired) electrons. The van der Waals surface area contributed by atoms with E-state index in [0.29, 0.717) is 23.2 Å². The zero-order valence-electron chi connectivity index (χ0n) is 9.57. The molecule has 0 bridgehead atoms. The maximum atomic E-state index is 5.32. The zero-order valence-corrected chi connectivity index (χ0v) is 10.4. The first-order valence-electron chi connectivity index (χ1n) is 5.52. The molecule has 0 saturated heterocycles. The highest BCUT2D eigenvalue weighted by Crippen LogP contribution is 2.35. The summed E-state index contributed by atoms with van der Waals surface area (Å²) in [6.45, 7) is 0.245. The molecule has 0 aliphatic carbocycles. The normalized spacial score (nSPS) is 12.8. The number of rotatable bonds is 2. The van der Waals surface area contributed by atoms with E-state index in [2.05, 4.69) is 15.1 Å². The summed E-state index contributed by atoms with van der Waals surface area (Å²) in [6, 6.07) is 5.53. The SMILES string of the molecule is c1nc(-c2nc(-c3ccc4c(c3)OCO4)no2)cs1. The summed E-state index contributed by atoms with van der Waals surface area (Å²) in [6.07, 6.45) is 0. The van der Waals surface area contributed by atoms with Crippen LogP contribution in [0, 0.1) is 0 Å². The van der Waals surface area contributed by atoms with E-state index < -0.39 is 0 Å². The van der Waals surface area contributed by atoms with Crippen molar-refractivity contribution >= 4 is 11.3 Å². The van der Waals surface area contributed by atoms with Crippen molar-refractivity contribution in [2.75, 3.05) is 6.79 Å². The van der Waals surface area contributed by atoms with Crippen molar-refractivity contribution in [1.29, 1.82) is 0 Å². The van der Waals surface area contributed by atoms with Gasteiger partial charge in [0.1, 0.15) is 5.69 Å². The molecular formula is C12H7N3O3S. The smallest absolute Gasteiger partial charge is 0.277 e. The van der Waals surface area contributed by atoms with Gasteiger partial charge >= 0.3 is 0 Å². The molecule has 7 heteroatoms. The average molecular weight is 273 g/mol. The Hall–Kier alpha value is -2.41. The molecule has 94 valence electrons. The Kier molecular flexibility index (Phi) is 2.25. The summed E-state index contributed by atoms with van der Waals surface area (Å²) in [7, 11) is 0. The first kappa shape index (κ1) is 10.5. The lowest BCUT2D eigenvalue weighted by Crippen LogP contribution is -1.92. The Morgan fingerprint density at radius 2 is 2.11 bits per heavy atom. The van der Waals surface area contributed by atoms with Crippen LogP contribution in [0.4, 0.5) is 0 Å². The Morgan fingerprint density at radius 3 is 3.00 bits per heavy atom. The molecule has 19 heavy (non-hydrogen) atoms. The average Bonchev–Trinajstić information content (AvgIpc) is 3.18. The van der Waals surface area contributed by atoms with Crippen LogP contribution in [0.5, 0.6) is 11.5 Å². The number of hydrogen-bond acceptors (Lipinski definition) is 7. The first-order valence-corrected chi connectivity index (χ1v) is 6.47. The van der Waals surface area contributed by atoms with Gasteiger partial charge in [-0.25, -0.2) is 4.98 Å². The lowest BCUT2D eigenvalue weighted by molar-refractivity contribution is 0.174. The molecule has 0 unspecified atom stereocenters. The second kappa shape index (κ2) is 4.06. The summed E-state index contributed by atoms with van der Waals surface area (Å²) in [5.74, 6) is 2.33. The summed E-state index contributed by atoms with van der Waals surface area (Å²) >= 11 is 1.48. The van der Waals surface area contributed by atoms with E-state index in [0.717, 1.165) is 11.3 Å². The van der Waals surface area contributed by atoms with Crippen LogP contribution in [0.2, 0.25) is 0 Å². The molecule has 6 nitrogen and oxygen atoms in total. The fraction of sp³-hybridized carbons (Fsp3) is 0.0833. The van der Waals surface area contributed by atoms with E-state index in [4.69, 9.17) is 14.0 Å². The third-order valence-corrected chi connectivity index (χ3v) is 3.29. The van der Waals surface area contributed by atoms with E-state index in [-0.39, 0.29) is 6.79 Å². The molecule has 1 aliphatic rings. The van der Waals surface area contributed by atoms with E-state index in [1.807, 2.05) is 23.6 Å². The van der Waals surface area contributed by atoms with Crippen LogP contribution in [0.3, 0.4) is 0 Å². The van der Waals surface area contributed by atoms with E-state index in [1.165, 1.54) is 11.3 Å².